The van der Waals surface area contributed by atoms with Crippen molar-refractivity contribution in [1.82, 2.24) is 59.9 Å². The Kier molecular flexibility index (Phi) is 31.8. The molecule has 0 radical (unpaired) electrons. The Morgan fingerprint density at radius 2 is 0.792 bits per heavy atom. The van der Waals surface area contributed by atoms with Gasteiger partial charge in [0.05, 0.1) is 26.4 Å². The van der Waals surface area contributed by atoms with Gasteiger partial charge >= 0.3 is 24.0 Å². The lowest BCUT2D eigenvalue weighted by atomic mass is 9.92. The van der Waals surface area contributed by atoms with Gasteiger partial charge in [-0.25, -0.2) is 0 Å². The smallest absolute Gasteiger partial charge is 0.320 e. The van der Waals surface area contributed by atoms with E-state index in [1.54, 1.807) is 0 Å². The van der Waals surface area contributed by atoms with Crippen LogP contribution in [0, 0.1) is 17.8 Å². The second kappa shape index (κ2) is 43.2. The summed E-state index contributed by atoms with van der Waals surface area (Å²) in [7, 11) is 0. The molecule has 16 rings (SSSR count). The minimum absolute atomic E-state index is 0.376. The van der Waals surface area contributed by atoms with Gasteiger partial charge in [0.15, 0.2) is 0 Å². The van der Waals surface area contributed by atoms with Gasteiger partial charge in [-0.1, -0.05) is 169 Å². The van der Waals surface area contributed by atoms with Crippen LogP contribution in [0.2, 0.25) is 0 Å². The highest BCUT2D eigenvalue weighted by Gasteiger charge is 2.33. The van der Waals surface area contributed by atoms with Crippen LogP contribution in [0.5, 0.6) is 24.0 Å². The van der Waals surface area contributed by atoms with Gasteiger partial charge in [-0.2, -0.15) is 39.9 Å². The lowest BCUT2D eigenvalue weighted by Crippen LogP contribution is -2.37. The Morgan fingerprint density at radius 3 is 1.20 bits per heavy atom. The molecule has 9 aliphatic rings. The molecule has 3 fully saturated rings. The molecule has 7 aromatic rings. The molecular weight excluding hydrogens is 1500 g/mol. The molecule has 0 spiro atoms. The van der Waals surface area contributed by atoms with Gasteiger partial charge in [0.1, 0.15) is 46.5 Å². The number of hydrogen-bond donors (Lipinski definition) is 5. The molecule has 12 heterocycles. The number of nitrogen functional groups attached to an aromatic ring is 4. The average Bonchev–Trinajstić information content (AvgIpc) is 0.935. The molecule has 0 atom stereocenters. The number of aromatic nitrogens is 8. The second-order valence-electron chi connectivity index (χ2n) is 35.3. The van der Waals surface area contributed by atoms with E-state index in [1.807, 2.05) is 0 Å². The van der Waals surface area contributed by atoms with Gasteiger partial charge in [-0.3, -0.25) is 14.7 Å². The van der Waals surface area contributed by atoms with Crippen LogP contribution in [-0.4, -0.2) is 172 Å². The molecule has 120 heavy (non-hydrogen) atoms. The minimum atomic E-state index is 0.376. The molecule has 646 valence electrons. The van der Waals surface area contributed by atoms with Crippen molar-refractivity contribution in [3.8, 4) is 24.0 Å². The van der Waals surface area contributed by atoms with Crippen LogP contribution < -0.4 is 66.8 Å². The Hall–Kier alpha value is -9.62. The number of unbranched alkanes of at least 4 members (excludes halogenated alkanes) is 4. The number of benzene rings is 3. The van der Waals surface area contributed by atoms with E-state index in [1.165, 1.54) is 128 Å². The van der Waals surface area contributed by atoms with E-state index in [9.17, 15) is 0 Å². The predicted molar refractivity (Wildman–Crippen MR) is 488 cm³/mol. The Morgan fingerprint density at radius 1 is 0.400 bits per heavy atom. The van der Waals surface area contributed by atoms with Crippen LogP contribution in [-0.2, 0) is 71.2 Å². The van der Waals surface area contributed by atoms with E-state index < -0.39 is 0 Å². The normalized spacial score (nSPS) is 17.6. The maximum atomic E-state index is 6.30. The third-order valence-corrected chi connectivity index (χ3v) is 24.9. The lowest BCUT2D eigenvalue weighted by Gasteiger charge is -2.35. The molecule has 2 saturated heterocycles. The number of piperidine rings is 2. The van der Waals surface area contributed by atoms with Crippen LogP contribution in [0.3, 0.4) is 0 Å². The summed E-state index contributed by atoms with van der Waals surface area (Å²) in [5.41, 5.74) is 43.5. The SMILES string of the molecule is C=C1Cc2c(N)nc(OCCCC)nc2N(CCC2CCN(Cc3ccccc3)CC2)C1.C=C1Cc2c(N)nc(OCCCC)nc2N(CCC2CCNCC2)C1.C=C1Cc2c(N)nc(OCCCC)nc2N(Cc2ccc3c(c2)CCN(C(C)C)C3)C1.C=C1Cc2c(N)nc(OCCCC)nc2N(Cc2ccc3c(c2)CCN(CC2CC2)C3)C1. The predicted octanol–water partition coefficient (Wildman–Crippen LogP) is 15.3. The average molecular weight is 1640 g/mol. The molecule has 0 bridgehead atoms. The Bertz CT molecular complexity index is 4580. The number of nitrogens with one attached hydrogen (secondary N) is 1. The number of hydrogen-bond acceptors (Lipinski definition) is 24. The summed E-state index contributed by atoms with van der Waals surface area (Å²) in [6.07, 6.45) is 23.7. The number of anilines is 8. The molecule has 3 aromatic carbocycles. The Balaban J connectivity index is 0.000000139. The number of fused-ring (bicyclic) bond motifs is 6. The maximum Gasteiger partial charge on any atom is 0.320 e. The molecular formula is C96H138N20O4. The minimum Gasteiger partial charge on any atom is -0.463 e. The fourth-order valence-electron chi connectivity index (χ4n) is 17.6. The fraction of sp³-hybridized carbons (Fsp3) is 0.562. The van der Waals surface area contributed by atoms with Crippen molar-refractivity contribution in [2.75, 3.05) is 154 Å². The van der Waals surface area contributed by atoms with E-state index >= 15 is 0 Å². The zero-order valence-electron chi connectivity index (χ0n) is 73.3. The van der Waals surface area contributed by atoms with Crippen molar-refractivity contribution in [1.29, 1.82) is 0 Å². The summed E-state index contributed by atoms with van der Waals surface area (Å²) < 4.78 is 23.0. The summed E-state index contributed by atoms with van der Waals surface area (Å²) >= 11 is 0. The van der Waals surface area contributed by atoms with Crippen molar-refractivity contribution in [2.24, 2.45) is 17.8 Å². The van der Waals surface area contributed by atoms with Crippen LogP contribution >= 0.6 is 0 Å². The number of ether oxygens (including phenoxy) is 4. The summed E-state index contributed by atoms with van der Waals surface area (Å²) in [6, 6.07) is 26.9. The standard InChI is InChI=1S/C26H35N5O.C26H37N5O.C25H35N5O.C19H31N5O/c1-3-4-11-32-26-28-24(27)23-12-18(2)14-31(25(23)29-26)16-20-7-8-22-17-30(15-19-5-6-19)10-9-21(22)13-20;1-3-4-16-32-26-28-24(27)23-17-20(2)18-31(25(23)29-26)15-12-21-10-13-30(14-11-21)19-22-8-6-5-7-9-22;1-5-6-11-31-25-27-23(26)22-12-18(4)14-30(24(22)28-25)15-19-7-8-21-16-29(17(2)3)10-9-20(21)13-19;1-3-4-11-25-19-22-17(20)16-12-14(2)13-24(18(16)23-19)10-7-15-5-8-21-9-6-15/h7-8,13,19H,2-6,9-12,14-17H2,1H3,(H2,27,28,29);5-9,21H,2-4,10-19H2,1H3,(H2,27,28,29);7-8,13,17H,4-6,9-12,14-16H2,1-3H3,(H2,26,27,28);15,21H,2-13H2,1H3,(H2,20,22,23). The quantitative estimate of drug-likeness (QED) is 0.0199. The number of likely N-dealkylation sites (tertiary alicyclic amines) is 1. The summed E-state index contributed by atoms with van der Waals surface area (Å²) in [5, 5.41) is 3.43. The van der Waals surface area contributed by atoms with Gasteiger partial charge in [-0.15, -0.1) is 0 Å². The van der Waals surface area contributed by atoms with Gasteiger partial charge in [0.25, 0.3) is 0 Å². The topological polar surface area (TPSA) is 279 Å². The molecule has 24 nitrogen and oxygen atoms in total. The highest BCUT2D eigenvalue weighted by atomic mass is 16.5. The highest BCUT2D eigenvalue weighted by Crippen LogP contribution is 2.40. The first kappa shape index (κ1) is 88.2. The summed E-state index contributed by atoms with van der Waals surface area (Å²) in [5.74, 6) is 8.23. The van der Waals surface area contributed by atoms with E-state index in [-0.39, 0.29) is 0 Å². The van der Waals surface area contributed by atoms with Gasteiger partial charge in [0, 0.05) is 146 Å². The molecule has 4 aromatic heterocycles. The van der Waals surface area contributed by atoms with Gasteiger partial charge in [0.2, 0.25) is 0 Å². The number of nitrogens with two attached hydrogens (primary N) is 4. The number of nitrogens with zero attached hydrogens (tertiary/aromatic N) is 15. The van der Waals surface area contributed by atoms with E-state index in [4.69, 9.17) is 56.8 Å². The van der Waals surface area contributed by atoms with Crippen molar-refractivity contribution >= 4 is 46.5 Å². The van der Waals surface area contributed by atoms with E-state index in [0.29, 0.717) is 79.8 Å². The first-order chi connectivity index (χ1) is 58.3. The van der Waals surface area contributed by atoms with Crippen molar-refractivity contribution in [3.63, 3.8) is 0 Å². The third-order valence-electron chi connectivity index (χ3n) is 24.9. The van der Waals surface area contributed by atoms with Crippen molar-refractivity contribution in [3.05, 3.63) is 177 Å². The Labute approximate surface area is 715 Å². The fourth-order valence-corrected chi connectivity index (χ4v) is 17.6. The monoisotopic (exact) mass is 1640 g/mol. The van der Waals surface area contributed by atoms with Crippen LogP contribution in [0.25, 0.3) is 0 Å². The van der Waals surface area contributed by atoms with Gasteiger partial charge in [-0.05, 0) is 187 Å². The highest BCUT2D eigenvalue weighted by molar-refractivity contribution is 5.66. The molecule has 0 unspecified atom stereocenters. The molecule has 9 N–H and O–H groups in total. The van der Waals surface area contributed by atoms with Crippen LogP contribution in [0.1, 0.15) is 205 Å². The molecule has 1 aliphatic carbocycles. The zero-order chi connectivity index (χ0) is 84.0. The molecule has 0 amide bonds. The molecule has 8 aliphatic heterocycles. The van der Waals surface area contributed by atoms with Gasteiger partial charge < -0.3 is 66.8 Å². The first-order valence-corrected chi connectivity index (χ1v) is 45.3. The lowest BCUT2D eigenvalue weighted by molar-refractivity contribution is 0.173. The maximum absolute atomic E-state index is 6.30. The van der Waals surface area contributed by atoms with Crippen molar-refractivity contribution in [2.45, 2.75) is 222 Å². The van der Waals surface area contributed by atoms with E-state index in [0.717, 1.165) is 256 Å². The second-order valence-corrected chi connectivity index (χ2v) is 35.3. The summed E-state index contributed by atoms with van der Waals surface area (Å²) in [6.45, 7) is 50.7. The zero-order valence-corrected chi connectivity index (χ0v) is 73.3. The van der Waals surface area contributed by atoms with E-state index in [2.05, 4.69) is 199 Å². The van der Waals surface area contributed by atoms with Crippen molar-refractivity contribution < 1.29 is 18.9 Å². The first-order valence-electron chi connectivity index (χ1n) is 45.3. The van der Waals surface area contributed by atoms with Crippen LogP contribution in [0.15, 0.2) is 115 Å². The number of rotatable bonds is 31. The van der Waals surface area contributed by atoms with Crippen LogP contribution in [0.4, 0.5) is 46.5 Å². The molecule has 24 heteroatoms. The third kappa shape index (κ3) is 24.6. The molecule has 1 saturated carbocycles. The summed E-state index contributed by atoms with van der Waals surface area (Å²) in [4.78, 5) is 53.4. The largest absolute Gasteiger partial charge is 0.463 e.